The monoisotopic (exact) mass is 307 g/mol. The van der Waals surface area contributed by atoms with Crippen molar-refractivity contribution in [2.24, 2.45) is 0 Å². The molecule has 1 atom stereocenters. The maximum absolute atomic E-state index is 12.0. The van der Waals surface area contributed by atoms with Gasteiger partial charge >= 0.3 is 5.97 Å². The zero-order chi connectivity index (χ0) is 16.2. The van der Waals surface area contributed by atoms with Crippen LogP contribution in [-0.2, 0) is 9.53 Å². The van der Waals surface area contributed by atoms with Gasteiger partial charge in [-0.15, -0.1) is 0 Å². The molecular formula is C16H21NO5. The number of aliphatic carboxylic acids is 1. The molecule has 0 spiro atoms. The van der Waals surface area contributed by atoms with Gasteiger partial charge in [0.1, 0.15) is 17.9 Å². The minimum absolute atomic E-state index is 0.138. The third-order valence-corrected chi connectivity index (χ3v) is 3.54. The van der Waals surface area contributed by atoms with Gasteiger partial charge < -0.3 is 19.9 Å². The second-order valence-electron chi connectivity index (χ2n) is 5.85. The molecule has 22 heavy (non-hydrogen) atoms. The number of benzene rings is 1. The van der Waals surface area contributed by atoms with Gasteiger partial charge in [-0.25, -0.2) is 4.79 Å². The minimum atomic E-state index is -1.31. The lowest BCUT2D eigenvalue weighted by Gasteiger charge is -2.21. The number of carbonyl (C=O) groups is 2. The van der Waals surface area contributed by atoms with Gasteiger partial charge in [0.25, 0.3) is 5.91 Å². The molecule has 6 heteroatoms. The molecule has 120 valence electrons. The third-order valence-electron chi connectivity index (χ3n) is 3.54. The Hall–Kier alpha value is -2.08. The van der Waals surface area contributed by atoms with Crippen LogP contribution in [0.4, 0.5) is 0 Å². The number of rotatable bonds is 6. The van der Waals surface area contributed by atoms with Crippen LogP contribution >= 0.6 is 0 Å². The standard InChI is InChI=1S/C16H21NO5/c1-16(2,15(19)20)17-14(18)11-5-7-12(8-6-11)22-10-13-4-3-9-21-13/h5-8,13H,3-4,9-10H2,1-2H3,(H,17,18)(H,19,20)/t13-/m0/s1. The molecular weight excluding hydrogens is 286 g/mol. The predicted octanol–water partition coefficient (Wildman–Crippen LogP) is 1.84. The van der Waals surface area contributed by atoms with E-state index in [0.29, 0.717) is 17.9 Å². The molecule has 2 N–H and O–H groups in total. The Labute approximate surface area is 129 Å². The topological polar surface area (TPSA) is 84.9 Å². The molecule has 0 saturated carbocycles. The first kappa shape index (κ1) is 16.3. The SMILES string of the molecule is CC(C)(NC(=O)c1ccc(OC[C@@H]2CCCO2)cc1)C(=O)O. The Morgan fingerprint density at radius 3 is 2.59 bits per heavy atom. The lowest BCUT2D eigenvalue weighted by Crippen LogP contribution is -2.49. The number of ether oxygens (including phenoxy) is 2. The molecule has 0 aromatic heterocycles. The summed E-state index contributed by atoms with van der Waals surface area (Å²) in [6.45, 7) is 4.16. The number of carboxylic acid groups (broad SMARTS) is 1. The highest BCUT2D eigenvalue weighted by Gasteiger charge is 2.29. The Kier molecular flexibility index (Phi) is 5.03. The number of hydrogen-bond donors (Lipinski definition) is 2. The average molecular weight is 307 g/mol. The van der Waals surface area contributed by atoms with Crippen molar-refractivity contribution in [3.63, 3.8) is 0 Å². The third kappa shape index (κ3) is 4.21. The van der Waals surface area contributed by atoms with Crippen LogP contribution in [0.25, 0.3) is 0 Å². The molecule has 6 nitrogen and oxygen atoms in total. The van der Waals surface area contributed by atoms with Crippen molar-refractivity contribution in [3.8, 4) is 5.75 Å². The molecule has 1 saturated heterocycles. The first-order chi connectivity index (χ1) is 10.4. The fraction of sp³-hybridized carbons (Fsp3) is 0.500. The average Bonchev–Trinajstić information content (AvgIpc) is 2.98. The lowest BCUT2D eigenvalue weighted by atomic mass is 10.1. The smallest absolute Gasteiger partial charge is 0.328 e. The zero-order valence-corrected chi connectivity index (χ0v) is 12.8. The van der Waals surface area contributed by atoms with Gasteiger partial charge in [-0.1, -0.05) is 0 Å². The van der Waals surface area contributed by atoms with Crippen molar-refractivity contribution in [3.05, 3.63) is 29.8 Å². The van der Waals surface area contributed by atoms with Crippen molar-refractivity contribution in [2.75, 3.05) is 13.2 Å². The molecule has 1 heterocycles. The molecule has 0 unspecified atom stereocenters. The zero-order valence-electron chi connectivity index (χ0n) is 12.8. The molecule has 1 aliphatic heterocycles. The Morgan fingerprint density at radius 2 is 2.05 bits per heavy atom. The number of nitrogens with one attached hydrogen (secondary N) is 1. The first-order valence-corrected chi connectivity index (χ1v) is 7.29. The van der Waals surface area contributed by atoms with Crippen LogP contribution in [0.5, 0.6) is 5.75 Å². The van der Waals surface area contributed by atoms with E-state index in [1.807, 2.05) is 0 Å². The van der Waals surface area contributed by atoms with Crippen LogP contribution in [0.2, 0.25) is 0 Å². The van der Waals surface area contributed by atoms with Gasteiger partial charge in [0.2, 0.25) is 0 Å². The lowest BCUT2D eigenvalue weighted by molar-refractivity contribution is -0.143. The molecule has 0 bridgehead atoms. The molecule has 0 radical (unpaired) electrons. The highest BCUT2D eigenvalue weighted by molar-refractivity contribution is 5.97. The minimum Gasteiger partial charge on any atom is -0.491 e. The Balaban J connectivity index is 1.90. The fourth-order valence-electron chi connectivity index (χ4n) is 2.08. The van der Waals surface area contributed by atoms with E-state index in [0.717, 1.165) is 19.4 Å². The molecule has 1 aliphatic rings. The molecule has 0 aliphatic carbocycles. The van der Waals surface area contributed by atoms with Gasteiger partial charge in [-0.05, 0) is 51.0 Å². The molecule has 1 amide bonds. The Bertz CT molecular complexity index is 532. The summed E-state index contributed by atoms with van der Waals surface area (Å²) < 4.78 is 11.1. The molecule has 1 aromatic carbocycles. The van der Waals surface area contributed by atoms with Gasteiger partial charge in [0, 0.05) is 12.2 Å². The Morgan fingerprint density at radius 1 is 1.36 bits per heavy atom. The van der Waals surface area contributed by atoms with E-state index in [4.69, 9.17) is 14.6 Å². The summed E-state index contributed by atoms with van der Waals surface area (Å²) in [7, 11) is 0. The van der Waals surface area contributed by atoms with Crippen molar-refractivity contribution in [2.45, 2.75) is 38.3 Å². The van der Waals surface area contributed by atoms with Crippen LogP contribution in [-0.4, -0.2) is 41.8 Å². The van der Waals surface area contributed by atoms with E-state index in [1.165, 1.54) is 13.8 Å². The summed E-state index contributed by atoms with van der Waals surface area (Å²) in [5.74, 6) is -0.861. The highest BCUT2D eigenvalue weighted by atomic mass is 16.5. The van der Waals surface area contributed by atoms with Crippen LogP contribution in [0, 0.1) is 0 Å². The van der Waals surface area contributed by atoms with Gasteiger partial charge in [0.15, 0.2) is 0 Å². The molecule has 1 aromatic rings. The van der Waals surface area contributed by atoms with Crippen molar-refractivity contribution in [1.29, 1.82) is 0 Å². The summed E-state index contributed by atoms with van der Waals surface area (Å²) in [5, 5.41) is 11.5. The number of amides is 1. The van der Waals surface area contributed by atoms with Crippen LogP contribution < -0.4 is 10.1 Å². The second-order valence-corrected chi connectivity index (χ2v) is 5.85. The summed E-state index contributed by atoms with van der Waals surface area (Å²) >= 11 is 0. The normalized spacial score (nSPS) is 18.0. The number of carbonyl (C=O) groups excluding carboxylic acids is 1. The fourth-order valence-corrected chi connectivity index (χ4v) is 2.08. The molecule has 1 fully saturated rings. The first-order valence-electron chi connectivity index (χ1n) is 7.29. The molecule has 2 rings (SSSR count). The van der Waals surface area contributed by atoms with Crippen LogP contribution in [0.1, 0.15) is 37.0 Å². The van der Waals surface area contributed by atoms with E-state index in [9.17, 15) is 9.59 Å². The maximum Gasteiger partial charge on any atom is 0.328 e. The summed E-state index contributed by atoms with van der Waals surface area (Å²) in [5.41, 5.74) is -0.926. The van der Waals surface area contributed by atoms with E-state index in [2.05, 4.69) is 5.32 Å². The van der Waals surface area contributed by atoms with Gasteiger partial charge in [-0.3, -0.25) is 4.79 Å². The van der Waals surface area contributed by atoms with Crippen molar-refractivity contribution in [1.82, 2.24) is 5.32 Å². The largest absolute Gasteiger partial charge is 0.491 e. The van der Waals surface area contributed by atoms with E-state index in [-0.39, 0.29) is 6.10 Å². The van der Waals surface area contributed by atoms with Crippen molar-refractivity contribution >= 4 is 11.9 Å². The highest BCUT2D eigenvalue weighted by Crippen LogP contribution is 2.17. The van der Waals surface area contributed by atoms with Gasteiger partial charge in [0.05, 0.1) is 6.10 Å². The maximum atomic E-state index is 12.0. The van der Waals surface area contributed by atoms with E-state index >= 15 is 0 Å². The number of carboxylic acids is 1. The van der Waals surface area contributed by atoms with E-state index < -0.39 is 17.4 Å². The number of hydrogen-bond acceptors (Lipinski definition) is 4. The van der Waals surface area contributed by atoms with Gasteiger partial charge in [-0.2, -0.15) is 0 Å². The summed E-state index contributed by atoms with van der Waals surface area (Å²) in [6, 6.07) is 6.60. The van der Waals surface area contributed by atoms with E-state index in [1.54, 1.807) is 24.3 Å². The van der Waals surface area contributed by atoms with Crippen LogP contribution in [0.15, 0.2) is 24.3 Å². The summed E-state index contributed by atoms with van der Waals surface area (Å²) in [4.78, 5) is 23.0. The second kappa shape index (κ2) is 6.79. The predicted molar refractivity (Wildman–Crippen MR) is 80.1 cm³/mol. The van der Waals surface area contributed by atoms with Crippen LogP contribution in [0.3, 0.4) is 0 Å². The van der Waals surface area contributed by atoms with Crippen molar-refractivity contribution < 1.29 is 24.2 Å². The quantitative estimate of drug-likeness (QED) is 0.837. The summed E-state index contributed by atoms with van der Waals surface area (Å²) in [6.07, 6.45) is 2.21.